The predicted molar refractivity (Wildman–Crippen MR) is 134 cm³/mol. The Morgan fingerprint density at radius 2 is 1.67 bits per heavy atom. The molecule has 0 aromatic heterocycles. The Morgan fingerprint density at radius 1 is 1.03 bits per heavy atom. The molecule has 2 aromatic carbocycles. The third-order valence-corrected chi connectivity index (χ3v) is 8.15. The Morgan fingerprint density at radius 3 is 2.33 bits per heavy atom. The maximum Gasteiger partial charge on any atom is 0.264 e. The van der Waals surface area contributed by atoms with Gasteiger partial charge in [0, 0.05) is 6.54 Å². The summed E-state index contributed by atoms with van der Waals surface area (Å²) in [4.78, 5) is 15.4. The molecule has 1 heterocycles. The van der Waals surface area contributed by atoms with Gasteiger partial charge < -0.3 is 10.2 Å². The quantitative estimate of drug-likeness (QED) is 0.560. The summed E-state index contributed by atoms with van der Waals surface area (Å²) in [5.74, 6) is 0.506. The van der Waals surface area contributed by atoms with E-state index in [0.717, 1.165) is 48.7 Å². The third kappa shape index (κ3) is 6.81. The number of nitrogens with one attached hydrogen (secondary N) is 1. The summed E-state index contributed by atoms with van der Waals surface area (Å²) in [5, 5.41) is 2.93. The van der Waals surface area contributed by atoms with Crippen molar-refractivity contribution in [2.24, 2.45) is 5.92 Å². The molecule has 0 unspecified atom stereocenters. The molecule has 1 fully saturated rings. The van der Waals surface area contributed by atoms with Gasteiger partial charge in [-0.15, -0.1) is 0 Å². The van der Waals surface area contributed by atoms with Crippen LogP contribution >= 0.6 is 0 Å². The minimum Gasteiger partial charge on any atom is -0.354 e. The van der Waals surface area contributed by atoms with Gasteiger partial charge in [-0.2, -0.15) is 0 Å². The van der Waals surface area contributed by atoms with Crippen molar-refractivity contribution < 1.29 is 13.2 Å². The minimum absolute atomic E-state index is 0.182. The lowest BCUT2D eigenvalue weighted by Crippen LogP contribution is -2.42. The minimum atomic E-state index is -3.89. The molecule has 7 heteroatoms. The van der Waals surface area contributed by atoms with E-state index in [9.17, 15) is 13.2 Å². The Bertz CT molecular complexity index is 1040. The van der Waals surface area contributed by atoms with Crippen LogP contribution in [0.2, 0.25) is 0 Å². The summed E-state index contributed by atoms with van der Waals surface area (Å²) in [7, 11) is -3.89. The van der Waals surface area contributed by atoms with Crippen molar-refractivity contribution in [2.75, 3.05) is 37.0 Å². The van der Waals surface area contributed by atoms with E-state index in [0.29, 0.717) is 12.2 Å². The van der Waals surface area contributed by atoms with Gasteiger partial charge >= 0.3 is 0 Å². The fraction of sp³-hybridized carbons (Fsp3) is 0.500. The summed E-state index contributed by atoms with van der Waals surface area (Å²) in [6.45, 7) is 11.5. The zero-order valence-corrected chi connectivity index (χ0v) is 21.1. The molecule has 0 bridgehead atoms. The average molecular weight is 472 g/mol. The monoisotopic (exact) mass is 471 g/mol. The van der Waals surface area contributed by atoms with Gasteiger partial charge in [0.2, 0.25) is 5.91 Å². The predicted octanol–water partition coefficient (Wildman–Crippen LogP) is 4.05. The molecule has 1 aliphatic heterocycles. The highest BCUT2D eigenvalue weighted by molar-refractivity contribution is 7.92. The van der Waals surface area contributed by atoms with Gasteiger partial charge in [-0.3, -0.25) is 9.10 Å². The van der Waals surface area contributed by atoms with Crippen molar-refractivity contribution in [3.63, 3.8) is 0 Å². The zero-order chi connectivity index (χ0) is 24.0. The first-order valence-corrected chi connectivity index (χ1v) is 13.3. The number of carbonyl (C=O) groups is 1. The van der Waals surface area contributed by atoms with E-state index in [-0.39, 0.29) is 17.3 Å². The van der Waals surface area contributed by atoms with E-state index in [1.807, 2.05) is 39.0 Å². The highest BCUT2D eigenvalue weighted by Gasteiger charge is 2.28. The Hall–Kier alpha value is -2.38. The lowest BCUT2D eigenvalue weighted by molar-refractivity contribution is -0.119. The van der Waals surface area contributed by atoms with Gasteiger partial charge in [0.25, 0.3) is 10.0 Å². The summed E-state index contributed by atoms with van der Waals surface area (Å²) in [6.07, 6.45) is 3.32. The lowest BCUT2D eigenvalue weighted by Gasteiger charge is -2.30. The van der Waals surface area contributed by atoms with Crippen LogP contribution in [0.5, 0.6) is 0 Å². The van der Waals surface area contributed by atoms with E-state index >= 15 is 0 Å². The number of anilines is 1. The number of carbonyl (C=O) groups excluding carboxylic acids is 1. The van der Waals surface area contributed by atoms with Crippen molar-refractivity contribution in [1.29, 1.82) is 0 Å². The van der Waals surface area contributed by atoms with Crippen LogP contribution in [-0.4, -0.2) is 51.9 Å². The topological polar surface area (TPSA) is 69.7 Å². The number of hydrogen-bond acceptors (Lipinski definition) is 4. The maximum absolute atomic E-state index is 13.5. The van der Waals surface area contributed by atoms with Gasteiger partial charge in [-0.1, -0.05) is 36.8 Å². The van der Waals surface area contributed by atoms with E-state index in [4.69, 9.17) is 0 Å². The van der Waals surface area contributed by atoms with Crippen molar-refractivity contribution in [1.82, 2.24) is 10.2 Å². The molecule has 1 N–H and O–H groups in total. The number of likely N-dealkylation sites (tertiary alicyclic amines) is 1. The van der Waals surface area contributed by atoms with Crippen LogP contribution in [0.3, 0.4) is 0 Å². The van der Waals surface area contributed by atoms with E-state index in [1.165, 1.54) is 17.1 Å². The molecule has 1 amide bonds. The second-order valence-electron chi connectivity index (χ2n) is 9.34. The first-order chi connectivity index (χ1) is 15.7. The van der Waals surface area contributed by atoms with Crippen molar-refractivity contribution in [3.05, 3.63) is 59.2 Å². The fourth-order valence-electron chi connectivity index (χ4n) is 4.13. The molecule has 0 spiro atoms. The van der Waals surface area contributed by atoms with Crippen LogP contribution in [0.15, 0.2) is 47.4 Å². The summed E-state index contributed by atoms with van der Waals surface area (Å²) in [5.41, 5.74) is 3.26. The molecule has 0 saturated carbocycles. The molecule has 6 nitrogen and oxygen atoms in total. The number of sulfonamides is 1. The van der Waals surface area contributed by atoms with E-state index in [2.05, 4.69) is 17.1 Å². The fourth-order valence-corrected chi connectivity index (χ4v) is 5.61. The van der Waals surface area contributed by atoms with Gasteiger partial charge in [-0.25, -0.2) is 8.42 Å². The first kappa shape index (κ1) is 25.2. The number of rotatable bonds is 9. The molecule has 33 heavy (non-hydrogen) atoms. The highest BCUT2D eigenvalue weighted by atomic mass is 32.2. The zero-order valence-electron chi connectivity index (χ0n) is 20.3. The second kappa shape index (κ2) is 11.2. The lowest BCUT2D eigenvalue weighted by atomic mass is 9.99. The normalized spacial score (nSPS) is 15.4. The third-order valence-electron chi connectivity index (χ3n) is 6.38. The summed E-state index contributed by atoms with van der Waals surface area (Å²) < 4.78 is 28.3. The van der Waals surface area contributed by atoms with Gasteiger partial charge in [-0.05, 0) is 94.9 Å². The SMILES string of the molecule is Cc1ccc(S(=O)(=O)N(CC(=O)NCCCN2CCC(C)CC2)c2cc(C)ccc2C)cc1. The van der Waals surface area contributed by atoms with Crippen molar-refractivity contribution in [3.8, 4) is 0 Å². The number of piperidine rings is 1. The number of nitrogens with zero attached hydrogens (tertiary/aromatic N) is 2. The number of amides is 1. The van der Waals surface area contributed by atoms with Crippen LogP contribution in [-0.2, 0) is 14.8 Å². The standard InChI is InChI=1S/C26H37N3O3S/c1-20-7-10-24(11-8-20)33(31,32)29(25-18-22(3)6-9-23(25)4)19-26(30)27-14-5-15-28-16-12-21(2)13-17-28/h6-11,18,21H,5,12-17,19H2,1-4H3,(H,27,30). The number of aryl methyl sites for hydroxylation is 3. The molecule has 0 radical (unpaired) electrons. The summed E-state index contributed by atoms with van der Waals surface area (Å²) in [6, 6.07) is 12.4. The van der Waals surface area contributed by atoms with Crippen molar-refractivity contribution in [2.45, 2.75) is 51.9 Å². The molecule has 1 saturated heterocycles. The van der Waals surface area contributed by atoms with Gasteiger partial charge in [0.15, 0.2) is 0 Å². The smallest absolute Gasteiger partial charge is 0.264 e. The largest absolute Gasteiger partial charge is 0.354 e. The van der Waals surface area contributed by atoms with Crippen LogP contribution in [0, 0.1) is 26.7 Å². The molecular weight excluding hydrogens is 434 g/mol. The molecular formula is C26H37N3O3S. The molecule has 3 rings (SSSR count). The Kier molecular flexibility index (Phi) is 8.54. The maximum atomic E-state index is 13.5. The number of hydrogen-bond donors (Lipinski definition) is 1. The molecule has 2 aromatic rings. The van der Waals surface area contributed by atoms with Crippen LogP contribution in [0.25, 0.3) is 0 Å². The van der Waals surface area contributed by atoms with E-state index < -0.39 is 10.0 Å². The Labute approximate surface area is 199 Å². The molecule has 0 atom stereocenters. The number of benzene rings is 2. The van der Waals surface area contributed by atoms with Crippen LogP contribution < -0.4 is 9.62 Å². The molecule has 0 aliphatic carbocycles. The average Bonchev–Trinajstić information content (AvgIpc) is 2.78. The van der Waals surface area contributed by atoms with Gasteiger partial charge in [0.05, 0.1) is 10.6 Å². The second-order valence-corrected chi connectivity index (χ2v) is 11.2. The van der Waals surface area contributed by atoms with Crippen LogP contribution in [0.4, 0.5) is 5.69 Å². The van der Waals surface area contributed by atoms with Crippen LogP contribution in [0.1, 0.15) is 42.9 Å². The van der Waals surface area contributed by atoms with E-state index in [1.54, 1.807) is 24.3 Å². The van der Waals surface area contributed by atoms with Crippen molar-refractivity contribution >= 4 is 21.6 Å². The molecule has 180 valence electrons. The highest BCUT2D eigenvalue weighted by Crippen LogP contribution is 2.28. The Balaban J connectivity index is 1.70. The molecule has 1 aliphatic rings. The van der Waals surface area contributed by atoms with Gasteiger partial charge in [0.1, 0.15) is 6.54 Å². The summed E-state index contributed by atoms with van der Waals surface area (Å²) >= 11 is 0. The first-order valence-electron chi connectivity index (χ1n) is 11.8.